The molecule has 0 aliphatic heterocycles. The van der Waals surface area contributed by atoms with Gasteiger partial charge in [-0.05, 0) is 26.0 Å². The molecule has 1 aromatic rings. The van der Waals surface area contributed by atoms with Crippen LogP contribution in [0.1, 0.15) is 24.2 Å². The van der Waals surface area contributed by atoms with Crippen molar-refractivity contribution in [2.75, 3.05) is 0 Å². The predicted molar refractivity (Wildman–Crippen MR) is 69.7 cm³/mol. The van der Waals surface area contributed by atoms with Crippen molar-refractivity contribution in [3.05, 3.63) is 28.0 Å². The zero-order valence-electron chi connectivity index (χ0n) is 9.50. The Kier molecular flexibility index (Phi) is 4.74. The van der Waals surface area contributed by atoms with Crippen molar-refractivity contribution in [1.29, 1.82) is 0 Å². The van der Waals surface area contributed by atoms with Gasteiger partial charge in [-0.1, -0.05) is 15.9 Å². The summed E-state index contributed by atoms with van der Waals surface area (Å²) in [5.41, 5.74) is -0.377. The summed E-state index contributed by atoms with van der Waals surface area (Å²) in [6.07, 6.45) is 0. The van der Waals surface area contributed by atoms with Crippen LogP contribution in [-0.2, 0) is 9.05 Å². The lowest BCUT2D eigenvalue weighted by Gasteiger charge is -2.10. The number of rotatable bonds is 3. The molecule has 1 aromatic carbocycles. The molecule has 0 radical (unpaired) electrons. The average molecular weight is 359 g/mol. The van der Waals surface area contributed by atoms with Crippen molar-refractivity contribution in [2.24, 2.45) is 0 Å². The maximum Gasteiger partial charge on any atom is 0.264 e. The van der Waals surface area contributed by atoms with Crippen molar-refractivity contribution in [3.63, 3.8) is 0 Å². The van der Waals surface area contributed by atoms with E-state index >= 15 is 0 Å². The van der Waals surface area contributed by atoms with Gasteiger partial charge in [-0.2, -0.15) is 0 Å². The molecule has 0 unspecified atom stereocenters. The van der Waals surface area contributed by atoms with Gasteiger partial charge in [0, 0.05) is 21.2 Å². The first-order valence-electron chi connectivity index (χ1n) is 4.87. The number of carbonyl (C=O) groups is 1. The molecule has 1 amide bonds. The van der Waals surface area contributed by atoms with E-state index in [-0.39, 0.29) is 16.1 Å². The van der Waals surface area contributed by atoms with Gasteiger partial charge in [-0.3, -0.25) is 4.79 Å². The van der Waals surface area contributed by atoms with Crippen molar-refractivity contribution >= 4 is 41.6 Å². The lowest BCUT2D eigenvalue weighted by Crippen LogP contribution is -2.31. The molecule has 0 atom stereocenters. The lowest BCUT2D eigenvalue weighted by molar-refractivity contribution is 0.0938. The van der Waals surface area contributed by atoms with Gasteiger partial charge in [0.25, 0.3) is 15.0 Å². The minimum Gasteiger partial charge on any atom is -0.350 e. The first-order chi connectivity index (χ1) is 8.12. The molecule has 0 saturated heterocycles. The minimum absolute atomic E-state index is 0.202. The van der Waals surface area contributed by atoms with Crippen LogP contribution in [-0.4, -0.2) is 20.4 Å². The molecule has 0 saturated carbocycles. The van der Waals surface area contributed by atoms with Crippen LogP contribution in [0, 0.1) is 5.82 Å². The molecule has 18 heavy (non-hydrogen) atoms. The largest absolute Gasteiger partial charge is 0.350 e. The highest BCUT2D eigenvalue weighted by Gasteiger charge is 2.23. The third-order valence-electron chi connectivity index (χ3n) is 1.93. The Balaban J connectivity index is 3.39. The number of halogens is 3. The quantitative estimate of drug-likeness (QED) is 0.845. The van der Waals surface area contributed by atoms with Crippen LogP contribution >= 0.6 is 26.6 Å². The number of carbonyl (C=O) groups excluding carboxylic acids is 1. The number of hydrogen-bond acceptors (Lipinski definition) is 3. The third kappa shape index (κ3) is 3.66. The third-order valence-corrected chi connectivity index (χ3v) is 3.71. The molecule has 1 rings (SSSR count). The highest BCUT2D eigenvalue weighted by Crippen LogP contribution is 2.26. The van der Waals surface area contributed by atoms with Gasteiger partial charge >= 0.3 is 0 Å². The zero-order chi connectivity index (χ0) is 14.1. The molecule has 0 fully saturated rings. The fourth-order valence-corrected chi connectivity index (χ4v) is 2.78. The van der Waals surface area contributed by atoms with Gasteiger partial charge in [0.2, 0.25) is 0 Å². The predicted octanol–water partition coefficient (Wildman–Crippen LogP) is 2.65. The lowest BCUT2D eigenvalue weighted by atomic mass is 10.2. The molecule has 0 bridgehead atoms. The molecule has 0 spiro atoms. The average Bonchev–Trinajstić information content (AvgIpc) is 2.18. The molecular formula is C10H10BrClFNO3S. The number of nitrogens with one attached hydrogen (secondary N) is 1. The minimum atomic E-state index is -4.25. The van der Waals surface area contributed by atoms with Crippen LogP contribution in [0.5, 0.6) is 0 Å². The first-order valence-corrected chi connectivity index (χ1v) is 7.97. The van der Waals surface area contributed by atoms with Crippen LogP contribution in [0.15, 0.2) is 21.5 Å². The van der Waals surface area contributed by atoms with Crippen molar-refractivity contribution in [3.8, 4) is 0 Å². The molecule has 0 aromatic heterocycles. The Labute approximate surface area is 117 Å². The van der Waals surface area contributed by atoms with Crippen molar-refractivity contribution in [1.82, 2.24) is 5.32 Å². The molecule has 100 valence electrons. The van der Waals surface area contributed by atoms with Gasteiger partial charge in [0.15, 0.2) is 5.82 Å². The normalized spacial score (nSPS) is 11.7. The number of benzene rings is 1. The van der Waals surface area contributed by atoms with Gasteiger partial charge in [-0.15, -0.1) is 0 Å². The van der Waals surface area contributed by atoms with Crippen LogP contribution in [0.3, 0.4) is 0 Å². The Bertz CT molecular complexity index is 589. The monoisotopic (exact) mass is 357 g/mol. The summed E-state index contributed by atoms with van der Waals surface area (Å²) in [6, 6.07) is 1.99. The maximum absolute atomic E-state index is 13.9. The van der Waals surface area contributed by atoms with Crippen molar-refractivity contribution in [2.45, 2.75) is 24.8 Å². The van der Waals surface area contributed by atoms with Gasteiger partial charge < -0.3 is 5.32 Å². The highest BCUT2D eigenvalue weighted by molar-refractivity contribution is 9.10. The second-order valence-electron chi connectivity index (χ2n) is 3.83. The fourth-order valence-electron chi connectivity index (χ4n) is 1.25. The van der Waals surface area contributed by atoms with E-state index in [1.54, 1.807) is 13.8 Å². The summed E-state index contributed by atoms with van der Waals surface area (Å²) in [6.45, 7) is 3.40. The second-order valence-corrected chi connectivity index (χ2v) is 7.28. The topological polar surface area (TPSA) is 63.2 Å². The van der Waals surface area contributed by atoms with E-state index in [0.717, 1.165) is 6.07 Å². The summed E-state index contributed by atoms with van der Waals surface area (Å²) in [5.74, 6) is -1.86. The Hall–Kier alpha value is -0.660. The van der Waals surface area contributed by atoms with Crippen LogP contribution in [0.25, 0.3) is 0 Å². The smallest absolute Gasteiger partial charge is 0.264 e. The fraction of sp³-hybridized carbons (Fsp3) is 0.300. The zero-order valence-corrected chi connectivity index (χ0v) is 12.7. The molecular weight excluding hydrogens is 349 g/mol. The van der Waals surface area contributed by atoms with E-state index in [2.05, 4.69) is 21.2 Å². The van der Waals surface area contributed by atoms with Gasteiger partial charge in [0.05, 0.1) is 5.56 Å². The summed E-state index contributed by atoms with van der Waals surface area (Å²) in [4.78, 5) is 11.0. The number of amides is 1. The maximum atomic E-state index is 13.9. The van der Waals surface area contributed by atoms with Crippen LogP contribution in [0.2, 0.25) is 0 Å². The molecule has 0 aliphatic rings. The van der Waals surface area contributed by atoms with E-state index in [1.165, 1.54) is 6.07 Å². The SMILES string of the molecule is CC(C)NC(=O)c1cc(Br)cc(S(=O)(=O)Cl)c1F. The van der Waals surface area contributed by atoms with E-state index in [4.69, 9.17) is 10.7 Å². The summed E-state index contributed by atoms with van der Waals surface area (Å²) >= 11 is 3.00. The van der Waals surface area contributed by atoms with Crippen LogP contribution < -0.4 is 5.32 Å². The standard InChI is InChI=1S/C10H10BrClFNO3S/c1-5(2)14-10(15)7-3-6(11)4-8(9(7)13)18(12,16)17/h3-5H,1-2H3,(H,14,15). The Morgan fingerprint density at radius 3 is 2.44 bits per heavy atom. The molecule has 4 nitrogen and oxygen atoms in total. The van der Waals surface area contributed by atoms with E-state index in [9.17, 15) is 17.6 Å². The second kappa shape index (κ2) is 5.54. The summed E-state index contributed by atoms with van der Waals surface area (Å²) in [7, 11) is 0.845. The first kappa shape index (κ1) is 15.4. The molecule has 1 N–H and O–H groups in total. The van der Waals surface area contributed by atoms with E-state index in [1.807, 2.05) is 0 Å². The van der Waals surface area contributed by atoms with E-state index in [0.29, 0.717) is 0 Å². The van der Waals surface area contributed by atoms with Gasteiger partial charge in [-0.25, -0.2) is 12.8 Å². The summed E-state index contributed by atoms with van der Waals surface area (Å²) < 4.78 is 36.5. The van der Waals surface area contributed by atoms with Crippen LogP contribution in [0.4, 0.5) is 4.39 Å². The summed E-state index contributed by atoms with van der Waals surface area (Å²) in [5, 5.41) is 2.47. The van der Waals surface area contributed by atoms with E-state index < -0.39 is 25.7 Å². The Morgan fingerprint density at radius 1 is 1.44 bits per heavy atom. The molecule has 0 aliphatic carbocycles. The molecule has 8 heteroatoms. The van der Waals surface area contributed by atoms with Crippen molar-refractivity contribution < 1.29 is 17.6 Å². The van der Waals surface area contributed by atoms with Gasteiger partial charge in [0.1, 0.15) is 4.90 Å². The number of hydrogen-bond donors (Lipinski definition) is 1. The highest BCUT2D eigenvalue weighted by atomic mass is 79.9. The molecule has 0 heterocycles. The Morgan fingerprint density at radius 2 is 2.00 bits per heavy atom.